The van der Waals surface area contributed by atoms with E-state index in [9.17, 15) is 4.79 Å². The summed E-state index contributed by atoms with van der Waals surface area (Å²) < 4.78 is 2.09. The number of hydrogen-bond donors (Lipinski definition) is 0. The third-order valence-electron chi connectivity index (χ3n) is 6.84. The number of fused-ring (bicyclic) bond motifs is 1. The molecule has 2 aromatic rings. The highest BCUT2D eigenvalue weighted by atomic mass is 16.2. The van der Waals surface area contributed by atoms with Crippen molar-refractivity contribution in [3.63, 3.8) is 0 Å². The molecule has 1 saturated heterocycles. The predicted molar refractivity (Wildman–Crippen MR) is 121 cm³/mol. The molecule has 0 atom stereocenters. The Labute approximate surface area is 180 Å². The van der Waals surface area contributed by atoms with Gasteiger partial charge in [0.25, 0.3) is 5.91 Å². The Bertz CT molecular complexity index is 833. The highest BCUT2D eigenvalue weighted by Gasteiger charge is 2.30. The molecule has 6 heteroatoms. The number of piperazine rings is 1. The Morgan fingerprint density at radius 3 is 2.63 bits per heavy atom. The number of hydrogen-bond acceptors (Lipinski definition) is 4. The first-order valence-corrected chi connectivity index (χ1v) is 11.8. The molecule has 2 aliphatic rings. The fourth-order valence-electron chi connectivity index (χ4n) is 5.02. The van der Waals surface area contributed by atoms with Crippen molar-refractivity contribution in [1.82, 2.24) is 24.1 Å². The van der Waals surface area contributed by atoms with Crippen LogP contribution in [0.15, 0.2) is 24.4 Å². The lowest BCUT2D eigenvalue weighted by Crippen LogP contribution is -2.52. The van der Waals surface area contributed by atoms with Crippen LogP contribution in [0.4, 0.5) is 0 Å². The van der Waals surface area contributed by atoms with E-state index in [2.05, 4.69) is 28.2 Å². The second-order valence-corrected chi connectivity index (χ2v) is 9.05. The van der Waals surface area contributed by atoms with E-state index < -0.39 is 0 Å². The SMILES string of the molecule is CCCCN(C)Cc1c(C(=O)N2CCN(C3CCCCC3)CC2)nc2ccccn12. The number of nitrogens with zero attached hydrogens (tertiary/aromatic N) is 5. The Balaban J connectivity index is 1.48. The molecule has 6 nitrogen and oxygen atoms in total. The number of unbranched alkanes of at least 4 members (excludes halogenated alkanes) is 1. The van der Waals surface area contributed by atoms with Crippen LogP contribution >= 0.6 is 0 Å². The molecule has 2 aromatic heterocycles. The van der Waals surface area contributed by atoms with Crippen molar-refractivity contribution >= 4 is 11.6 Å². The van der Waals surface area contributed by atoms with Gasteiger partial charge >= 0.3 is 0 Å². The monoisotopic (exact) mass is 411 g/mol. The van der Waals surface area contributed by atoms with Crippen molar-refractivity contribution in [3.05, 3.63) is 35.8 Å². The Kier molecular flexibility index (Phi) is 7.05. The molecular formula is C24H37N5O. The highest BCUT2D eigenvalue weighted by molar-refractivity contribution is 5.94. The zero-order valence-electron chi connectivity index (χ0n) is 18.7. The van der Waals surface area contributed by atoms with Gasteiger partial charge in [0.15, 0.2) is 5.69 Å². The number of rotatable bonds is 7. The molecule has 1 aliphatic heterocycles. The van der Waals surface area contributed by atoms with E-state index in [-0.39, 0.29) is 5.91 Å². The molecule has 0 N–H and O–H groups in total. The third-order valence-corrected chi connectivity index (χ3v) is 6.84. The zero-order chi connectivity index (χ0) is 20.9. The number of pyridine rings is 1. The van der Waals surface area contributed by atoms with Crippen LogP contribution in [0.5, 0.6) is 0 Å². The molecule has 1 aliphatic carbocycles. The van der Waals surface area contributed by atoms with Gasteiger partial charge in [-0.15, -0.1) is 0 Å². The summed E-state index contributed by atoms with van der Waals surface area (Å²) in [5.41, 5.74) is 2.51. The van der Waals surface area contributed by atoms with Crippen LogP contribution in [-0.2, 0) is 6.54 Å². The normalized spacial score (nSPS) is 19.1. The lowest BCUT2D eigenvalue weighted by molar-refractivity contribution is 0.0517. The van der Waals surface area contributed by atoms with Crippen molar-refractivity contribution < 1.29 is 4.79 Å². The average molecular weight is 412 g/mol. The average Bonchev–Trinajstić information content (AvgIpc) is 3.16. The summed E-state index contributed by atoms with van der Waals surface area (Å²) in [6.07, 6.45) is 11.1. The number of imidazole rings is 1. The van der Waals surface area contributed by atoms with Crippen LogP contribution in [-0.4, -0.2) is 75.8 Å². The van der Waals surface area contributed by atoms with E-state index in [1.54, 1.807) is 0 Å². The second kappa shape index (κ2) is 9.92. The van der Waals surface area contributed by atoms with Crippen molar-refractivity contribution in [2.45, 2.75) is 64.5 Å². The van der Waals surface area contributed by atoms with E-state index in [0.717, 1.165) is 56.7 Å². The molecule has 0 bridgehead atoms. The topological polar surface area (TPSA) is 44.1 Å². The van der Waals surface area contributed by atoms with Crippen molar-refractivity contribution in [3.8, 4) is 0 Å². The van der Waals surface area contributed by atoms with Gasteiger partial charge in [-0.2, -0.15) is 0 Å². The number of carbonyl (C=O) groups is 1. The van der Waals surface area contributed by atoms with Crippen molar-refractivity contribution in [2.75, 3.05) is 39.8 Å². The molecule has 1 amide bonds. The molecule has 2 fully saturated rings. The van der Waals surface area contributed by atoms with Gasteiger partial charge in [-0.1, -0.05) is 38.7 Å². The van der Waals surface area contributed by atoms with Gasteiger partial charge in [-0.25, -0.2) is 4.98 Å². The molecule has 0 spiro atoms. The molecule has 0 unspecified atom stereocenters. The highest BCUT2D eigenvalue weighted by Crippen LogP contribution is 2.24. The van der Waals surface area contributed by atoms with Crippen LogP contribution in [0.2, 0.25) is 0 Å². The summed E-state index contributed by atoms with van der Waals surface area (Å²) in [6, 6.07) is 6.73. The maximum atomic E-state index is 13.5. The molecular weight excluding hydrogens is 374 g/mol. The molecule has 3 heterocycles. The minimum absolute atomic E-state index is 0.0980. The summed E-state index contributed by atoms with van der Waals surface area (Å²) in [7, 11) is 2.13. The van der Waals surface area contributed by atoms with Crippen LogP contribution in [0.3, 0.4) is 0 Å². The van der Waals surface area contributed by atoms with Gasteiger partial charge in [0.2, 0.25) is 0 Å². The van der Waals surface area contributed by atoms with Gasteiger partial charge in [-0.05, 0) is 45.0 Å². The van der Waals surface area contributed by atoms with Crippen LogP contribution in [0, 0.1) is 0 Å². The van der Waals surface area contributed by atoms with E-state index in [1.165, 1.54) is 44.9 Å². The Morgan fingerprint density at radius 2 is 1.90 bits per heavy atom. The van der Waals surface area contributed by atoms with Crippen LogP contribution in [0.25, 0.3) is 5.65 Å². The van der Waals surface area contributed by atoms with Gasteiger partial charge in [0.05, 0.1) is 5.69 Å². The molecule has 4 rings (SSSR count). The van der Waals surface area contributed by atoms with E-state index in [1.807, 2.05) is 29.3 Å². The largest absolute Gasteiger partial charge is 0.335 e. The van der Waals surface area contributed by atoms with Crippen molar-refractivity contribution in [1.29, 1.82) is 0 Å². The number of amides is 1. The second-order valence-electron chi connectivity index (χ2n) is 9.05. The number of carbonyl (C=O) groups excluding carboxylic acids is 1. The molecule has 0 aromatic carbocycles. The van der Waals surface area contributed by atoms with Gasteiger partial charge in [0, 0.05) is 45.0 Å². The fraction of sp³-hybridized carbons (Fsp3) is 0.667. The van der Waals surface area contributed by atoms with Crippen molar-refractivity contribution in [2.24, 2.45) is 0 Å². The predicted octanol–water partition coefficient (Wildman–Crippen LogP) is 3.66. The maximum absolute atomic E-state index is 13.5. The first kappa shape index (κ1) is 21.3. The molecule has 164 valence electrons. The minimum atomic E-state index is 0.0980. The summed E-state index contributed by atoms with van der Waals surface area (Å²) >= 11 is 0. The summed E-state index contributed by atoms with van der Waals surface area (Å²) in [5.74, 6) is 0.0980. The Hall–Kier alpha value is -1.92. The van der Waals surface area contributed by atoms with E-state index in [4.69, 9.17) is 4.98 Å². The first-order valence-electron chi connectivity index (χ1n) is 11.8. The zero-order valence-corrected chi connectivity index (χ0v) is 18.7. The van der Waals surface area contributed by atoms with Crippen LogP contribution in [0.1, 0.15) is 68.1 Å². The lowest BCUT2D eigenvalue weighted by Gasteiger charge is -2.40. The quantitative estimate of drug-likeness (QED) is 0.698. The third kappa shape index (κ3) is 4.70. The molecule has 30 heavy (non-hydrogen) atoms. The van der Waals surface area contributed by atoms with Gasteiger partial charge < -0.3 is 14.2 Å². The number of aromatic nitrogens is 2. The van der Waals surface area contributed by atoms with E-state index in [0.29, 0.717) is 5.69 Å². The van der Waals surface area contributed by atoms with Crippen LogP contribution < -0.4 is 0 Å². The van der Waals surface area contributed by atoms with Gasteiger partial charge in [-0.3, -0.25) is 9.69 Å². The maximum Gasteiger partial charge on any atom is 0.274 e. The smallest absolute Gasteiger partial charge is 0.274 e. The minimum Gasteiger partial charge on any atom is -0.335 e. The summed E-state index contributed by atoms with van der Waals surface area (Å²) in [4.78, 5) is 25.2. The van der Waals surface area contributed by atoms with Gasteiger partial charge in [0.1, 0.15) is 5.65 Å². The fourth-order valence-corrected chi connectivity index (χ4v) is 5.02. The first-order chi connectivity index (χ1) is 14.7. The Morgan fingerprint density at radius 1 is 1.13 bits per heavy atom. The van der Waals surface area contributed by atoms with E-state index >= 15 is 0 Å². The molecule has 0 radical (unpaired) electrons. The standard InChI is InChI=1S/C24H37N5O/c1-3-4-13-26(2)19-21-23(25-22-12-8-9-14-29(21)22)24(30)28-17-15-27(16-18-28)20-10-6-5-7-11-20/h8-9,12,14,20H,3-7,10-11,13,15-19H2,1-2H3. The molecule has 1 saturated carbocycles. The summed E-state index contributed by atoms with van der Waals surface area (Å²) in [6.45, 7) is 7.61. The summed E-state index contributed by atoms with van der Waals surface area (Å²) in [5, 5.41) is 0. The lowest BCUT2D eigenvalue weighted by atomic mass is 9.94.